The van der Waals surface area contributed by atoms with Crippen molar-refractivity contribution in [1.82, 2.24) is 19.5 Å². The zero-order chi connectivity index (χ0) is 17.8. The molecule has 0 fully saturated rings. The molecule has 0 saturated carbocycles. The van der Waals surface area contributed by atoms with Gasteiger partial charge in [0.2, 0.25) is 5.95 Å². The summed E-state index contributed by atoms with van der Waals surface area (Å²) in [6.45, 7) is 1.44. The Morgan fingerprint density at radius 1 is 1.40 bits per heavy atom. The highest BCUT2D eigenvalue weighted by atomic mass is 32.2. The Labute approximate surface area is 147 Å². The number of imidazole rings is 1. The molecule has 2 heterocycles. The van der Waals surface area contributed by atoms with Gasteiger partial charge in [-0.3, -0.25) is 14.3 Å². The summed E-state index contributed by atoms with van der Waals surface area (Å²) in [6, 6.07) is 8.02. The second kappa shape index (κ2) is 7.66. The van der Waals surface area contributed by atoms with E-state index in [2.05, 4.69) is 15.0 Å². The molecule has 0 amide bonds. The van der Waals surface area contributed by atoms with Gasteiger partial charge in [-0.2, -0.15) is 4.98 Å². The number of ether oxygens (including phenoxy) is 1. The molecule has 3 rings (SSSR count). The molecule has 0 saturated heterocycles. The molecule has 0 aliphatic rings. The lowest BCUT2D eigenvalue weighted by Gasteiger charge is -2.15. The summed E-state index contributed by atoms with van der Waals surface area (Å²) in [5.74, 6) is 0.471. The molecular weight excluding hydrogens is 345 g/mol. The molecule has 0 bridgehead atoms. The molecule has 0 radical (unpaired) electrons. The Bertz CT molecular complexity index is 909. The minimum Gasteiger partial charge on any atom is -0.369 e. The number of rotatable bonds is 7. The Balaban J connectivity index is 1.63. The summed E-state index contributed by atoms with van der Waals surface area (Å²) in [5, 5.41) is 0. The van der Waals surface area contributed by atoms with Gasteiger partial charge in [0.05, 0.1) is 12.4 Å². The van der Waals surface area contributed by atoms with E-state index in [1.165, 1.54) is 28.2 Å². The number of hydrogen-bond acceptors (Lipinski definition) is 6. The van der Waals surface area contributed by atoms with Gasteiger partial charge in [0.1, 0.15) is 13.4 Å². The number of benzene rings is 1. The van der Waals surface area contributed by atoms with Gasteiger partial charge < -0.3 is 10.5 Å². The van der Waals surface area contributed by atoms with Crippen LogP contribution in [0.1, 0.15) is 5.56 Å². The lowest BCUT2D eigenvalue weighted by atomic mass is 10.2. The monoisotopic (exact) mass is 363 g/mol. The molecule has 1 atom stereocenters. The summed E-state index contributed by atoms with van der Waals surface area (Å²) < 4.78 is 20.4. The maximum atomic E-state index is 13.2. The van der Waals surface area contributed by atoms with E-state index in [-0.39, 0.29) is 18.2 Å². The van der Waals surface area contributed by atoms with E-state index in [1.807, 2.05) is 31.2 Å². The van der Waals surface area contributed by atoms with Crippen LogP contribution in [0.5, 0.6) is 0 Å². The van der Waals surface area contributed by atoms with Gasteiger partial charge in [-0.15, -0.1) is 11.8 Å². The highest BCUT2D eigenvalue weighted by Crippen LogP contribution is 2.20. The van der Waals surface area contributed by atoms with Crippen molar-refractivity contribution in [2.45, 2.75) is 24.7 Å². The average Bonchev–Trinajstić information content (AvgIpc) is 3.00. The summed E-state index contributed by atoms with van der Waals surface area (Å²) in [5.41, 5.74) is 6.78. The number of aromatic nitrogens is 4. The van der Waals surface area contributed by atoms with Crippen LogP contribution in [0.25, 0.3) is 11.2 Å². The van der Waals surface area contributed by atoms with Crippen molar-refractivity contribution in [1.29, 1.82) is 0 Å². The fourth-order valence-electron chi connectivity index (χ4n) is 2.21. The first-order valence-electron chi connectivity index (χ1n) is 7.64. The number of nitrogen functional groups attached to an aromatic ring is 1. The van der Waals surface area contributed by atoms with E-state index >= 15 is 0 Å². The molecule has 0 spiro atoms. The predicted molar refractivity (Wildman–Crippen MR) is 95.3 cm³/mol. The molecule has 0 aliphatic carbocycles. The van der Waals surface area contributed by atoms with Gasteiger partial charge in [-0.1, -0.05) is 17.7 Å². The number of hydrogen-bond donors (Lipinski definition) is 2. The number of aryl methyl sites for hydroxylation is 1. The van der Waals surface area contributed by atoms with Gasteiger partial charge in [-0.05, 0) is 19.1 Å². The quantitative estimate of drug-likeness (QED) is 0.624. The third-order valence-electron chi connectivity index (χ3n) is 3.57. The number of nitrogens with zero attached hydrogens (tertiary/aromatic N) is 3. The number of thioether (sulfide) groups is 1. The fraction of sp³-hybridized carbons (Fsp3) is 0.312. The van der Waals surface area contributed by atoms with Crippen LogP contribution in [-0.2, 0) is 11.5 Å². The topological polar surface area (TPSA) is 98.8 Å². The van der Waals surface area contributed by atoms with Gasteiger partial charge >= 0.3 is 0 Å². The number of nitrogens with two attached hydrogens (primary N) is 1. The molecule has 7 nitrogen and oxygen atoms in total. The summed E-state index contributed by atoms with van der Waals surface area (Å²) in [7, 11) is 0. The number of aromatic amines is 1. The second-order valence-electron chi connectivity index (χ2n) is 5.53. The third-order valence-corrected chi connectivity index (χ3v) is 4.72. The predicted octanol–water partition coefficient (Wildman–Crippen LogP) is 2.11. The number of alkyl halides is 1. The highest BCUT2D eigenvalue weighted by molar-refractivity contribution is 7.99. The first kappa shape index (κ1) is 17.4. The minimum absolute atomic E-state index is 0.00350. The zero-order valence-corrected chi connectivity index (χ0v) is 14.4. The Morgan fingerprint density at radius 3 is 2.88 bits per heavy atom. The first-order chi connectivity index (χ1) is 12.1. The molecule has 132 valence electrons. The van der Waals surface area contributed by atoms with Crippen molar-refractivity contribution in [3.05, 3.63) is 46.5 Å². The van der Waals surface area contributed by atoms with Crippen molar-refractivity contribution >= 4 is 28.9 Å². The third kappa shape index (κ3) is 4.18. The number of fused-ring (bicyclic) bond motifs is 1. The largest absolute Gasteiger partial charge is 0.369 e. The molecule has 25 heavy (non-hydrogen) atoms. The van der Waals surface area contributed by atoms with Crippen molar-refractivity contribution in [3.8, 4) is 0 Å². The molecule has 0 aliphatic heterocycles. The molecule has 2 aromatic heterocycles. The number of anilines is 1. The molecular formula is C16H18FN5O2S. The van der Waals surface area contributed by atoms with E-state index in [9.17, 15) is 9.18 Å². The van der Waals surface area contributed by atoms with Crippen LogP contribution in [-0.4, -0.2) is 38.1 Å². The molecule has 0 unspecified atom stereocenters. The van der Waals surface area contributed by atoms with Crippen LogP contribution in [0.4, 0.5) is 10.3 Å². The Morgan fingerprint density at radius 2 is 2.16 bits per heavy atom. The number of H-pyrrole nitrogens is 1. The van der Waals surface area contributed by atoms with E-state index in [0.29, 0.717) is 11.4 Å². The normalized spacial score (nSPS) is 12.6. The minimum atomic E-state index is -0.609. The standard InChI is InChI=1S/C16H18FN5O2S/c1-10-2-4-12(5-3-10)25-7-11(6-17)24-9-22-8-19-13-14(22)20-16(18)21-15(13)23/h2-5,8,11H,6-7,9H2,1H3,(H3,18,20,21,23)/t11-/m0/s1. The average molecular weight is 363 g/mol. The molecule has 3 aromatic rings. The van der Waals surface area contributed by atoms with Crippen LogP contribution in [0, 0.1) is 6.92 Å². The molecule has 1 aromatic carbocycles. The van der Waals surface area contributed by atoms with Gasteiger partial charge in [0.15, 0.2) is 11.2 Å². The van der Waals surface area contributed by atoms with E-state index in [0.717, 1.165) is 4.90 Å². The van der Waals surface area contributed by atoms with Crippen molar-refractivity contribution in [3.63, 3.8) is 0 Å². The smallest absolute Gasteiger partial charge is 0.280 e. The van der Waals surface area contributed by atoms with Crippen LogP contribution in [0.15, 0.2) is 40.3 Å². The molecule has 9 heteroatoms. The first-order valence-corrected chi connectivity index (χ1v) is 8.63. The lowest BCUT2D eigenvalue weighted by molar-refractivity contribution is 0.00912. The van der Waals surface area contributed by atoms with Gasteiger partial charge in [0.25, 0.3) is 5.56 Å². The summed E-state index contributed by atoms with van der Waals surface area (Å²) >= 11 is 1.53. The number of halogens is 1. The van der Waals surface area contributed by atoms with E-state index in [1.54, 1.807) is 0 Å². The van der Waals surface area contributed by atoms with Crippen LogP contribution in [0.2, 0.25) is 0 Å². The van der Waals surface area contributed by atoms with Crippen molar-refractivity contribution < 1.29 is 9.13 Å². The number of nitrogens with one attached hydrogen (secondary N) is 1. The summed E-state index contributed by atoms with van der Waals surface area (Å²) in [4.78, 5) is 23.2. The fourth-order valence-corrected chi connectivity index (χ4v) is 3.10. The lowest BCUT2D eigenvalue weighted by Crippen LogP contribution is -2.20. The zero-order valence-electron chi connectivity index (χ0n) is 13.6. The highest BCUT2D eigenvalue weighted by Gasteiger charge is 2.13. The SMILES string of the molecule is Cc1ccc(SC[C@H](CF)OCn2cnc3c(=O)[nH]c(N)nc32)cc1. The van der Waals surface area contributed by atoms with Gasteiger partial charge in [0, 0.05) is 10.6 Å². The maximum Gasteiger partial charge on any atom is 0.280 e. The maximum absolute atomic E-state index is 13.2. The molecule has 3 N–H and O–H groups in total. The van der Waals surface area contributed by atoms with E-state index in [4.69, 9.17) is 10.5 Å². The van der Waals surface area contributed by atoms with Crippen LogP contribution in [0.3, 0.4) is 0 Å². The van der Waals surface area contributed by atoms with Crippen molar-refractivity contribution in [2.24, 2.45) is 0 Å². The Hall–Kier alpha value is -2.39. The van der Waals surface area contributed by atoms with Crippen LogP contribution >= 0.6 is 11.8 Å². The van der Waals surface area contributed by atoms with Gasteiger partial charge in [-0.25, -0.2) is 9.37 Å². The Kier molecular flexibility index (Phi) is 5.34. The second-order valence-corrected chi connectivity index (χ2v) is 6.63. The summed E-state index contributed by atoms with van der Waals surface area (Å²) in [6.07, 6.45) is 0.845. The van der Waals surface area contributed by atoms with Crippen LogP contribution < -0.4 is 11.3 Å². The van der Waals surface area contributed by atoms with Crippen molar-refractivity contribution in [2.75, 3.05) is 18.2 Å². The van der Waals surface area contributed by atoms with E-state index < -0.39 is 18.3 Å².